The molecule has 1 amide bonds. The Morgan fingerprint density at radius 2 is 1.89 bits per heavy atom. The number of aliphatic hydroxyl groups excluding tert-OH is 1. The number of benzene rings is 2. The van der Waals surface area contributed by atoms with E-state index in [2.05, 4.69) is 10.4 Å². The second kappa shape index (κ2) is 10.0. The van der Waals surface area contributed by atoms with Gasteiger partial charge in [0.2, 0.25) is 0 Å². The van der Waals surface area contributed by atoms with Gasteiger partial charge in [0.1, 0.15) is 17.1 Å². The third kappa shape index (κ3) is 5.06. The predicted molar refractivity (Wildman–Crippen MR) is 124 cm³/mol. The molecule has 2 aromatic carbocycles. The zero-order valence-electron chi connectivity index (χ0n) is 19.7. The summed E-state index contributed by atoms with van der Waals surface area (Å²) in [6, 6.07) is 11.2. The molecular formula is C25H25F3N4O4. The quantitative estimate of drug-likeness (QED) is 0.479. The summed E-state index contributed by atoms with van der Waals surface area (Å²) < 4.78 is 45.7. The molecule has 1 aliphatic rings. The maximum absolute atomic E-state index is 13.3. The van der Waals surface area contributed by atoms with Crippen molar-refractivity contribution in [1.29, 1.82) is 0 Å². The number of aliphatic hydroxyl groups is 1. The summed E-state index contributed by atoms with van der Waals surface area (Å²) >= 11 is 0. The van der Waals surface area contributed by atoms with Crippen LogP contribution in [0.25, 0.3) is 0 Å². The van der Waals surface area contributed by atoms with Gasteiger partial charge in [-0.25, -0.2) is 9.48 Å². The molecule has 1 aliphatic heterocycles. The molecule has 0 spiro atoms. The predicted octanol–water partition coefficient (Wildman–Crippen LogP) is 3.69. The highest BCUT2D eigenvalue weighted by atomic mass is 19.4. The van der Waals surface area contributed by atoms with Gasteiger partial charge in [-0.1, -0.05) is 24.3 Å². The minimum absolute atomic E-state index is 0.144. The van der Waals surface area contributed by atoms with Gasteiger partial charge in [-0.05, 0) is 42.3 Å². The van der Waals surface area contributed by atoms with Crippen LogP contribution < -0.4 is 10.2 Å². The normalized spacial score (nSPS) is 13.9. The summed E-state index contributed by atoms with van der Waals surface area (Å²) in [5.41, 5.74) is 1.18. The van der Waals surface area contributed by atoms with Crippen LogP contribution in [0.1, 0.15) is 56.1 Å². The number of hydrogen-bond acceptors (Lipinski definition) is 6. The zero-order chi connectivity index (χ0) is 26.0. The Kier molecular flexibility index (Phi) is 7.02. The summed E-state index contributed by atoms with van der Waals surface area (Å²) in [5, 5.41) is 17.1. The highest BCUT2D eigenvalue weighted by Gasteiger charge is 2.33. The number of amides is 1. The zero-order valence-corrected chi connectivity index (χ0v) is 19.7. The van der Waals surface area contributed by atoms with E-state index in [0.717, 1.165) is 17.7 Å². The Bertz CT molecular complexity index is 1270. The third-order valence-electron chi connectivity index (χ3n) is 6.06. The molecule has 36 heavy (non-hydrogen) atoms. The van der Waals surface area contributed by atoms with Crippen LogP contribution >= 0.6 is 0 Å². The van der Waals surface area contributed by atoms with Crippen LogP contribution in [0.15, 0.2) is 48.5 Å². The minimum atomic E-state index is -4.46. The van der Waals surface area contributed by atoms with Crippen molar-refractivity contribution in [1.82, 2.24) is 15.1 Å². The first-order chi connectivity index (χ1) is 17.1. The monoisotopic (exact) mass is 502 g/mol. The number of rotatable bonds is 7. The van der Waals surface area contributed by atoms with E-state index in [1.54, 1.807) is 46.8 Å². The van der Waals surface area contributed by atoms with Gasteiger partial charge in [-0.3, -0.25) is 4.79 Å². The molecule has 0 unspecified atom stereocenters. The molecule has 4 rings (SSSR count). The maximum atomic E-state index is 13.3. The number of methoxy groups -OCH3 is 1. The fraction of sp³-hybridized carbons (Fsp3) is 0.320. The van der Waals surface area contributed by atoms with Gasteiger partial charge in [0, 0.05) is 13.1 Å². The van der Waals surface area contributed by atoms with Gasteiger partial charge >= 0.3 is 12.1 Å². The number of fused-ring (bicyclic) bond motifs is 1. The van der Waals surface area contributed by atoms with E-state index in [0.29, 0.717) is 30.0 Å². The highest BCUT2D eigenvalue weighted by molar-refractivity contribution is 6.00. The summed E-state index contributed by atoms with van der Waals surface area (Å²) in [5.74, 6) is -0.495. The molecule has 190 valence electrons. The second-order valence-corrected chi connectivity index (χ2v) is 8.45. The molecule has 1 atom stereocenters. The molecule has 8 nitrogen and oxygen atoms in total. The van der Waals surface area contributed by atoms with E-state index in [-0.39, 0.29) is 17.8 Å². The van der Waals surface area contributed by atoms with E-state index < -0.39 is 36.3 Å². The van der Waals surface area contributed by atoms with E-state index >= 15 is 0 Å². The van der Waals surface area contributed by atoms with Crippen LogP contribution in [0.2, 0.25) is 0 Å². The number of aromatic nitrogens is 2. The summed E-state index contributed by atoms with van der Waals surface area (Å²) in [7, 11) is 1.29. The first kappa shape index (κ1) is 25.2. The van der Waals surface area contributed by atoms with Crippen LogP contribution in [0, 0.1) is 0 Å². The summed E-state index contributed by atoms with van der Waals surface area (Å²) in [6.07, 6.45) is -4.46. The Balaban J connectivity index is 1.56. The van der Waals surface area contributed by atoms with Gasteiger partial charge in [0.05, 0.1) is 37.4 Å². The fourth-order valence-electron chi connectivity index (χ4n) is 4.24. The van der Waals surface area contributed by atoms with E-state index in [1.165, 1.54) is 13.2 Å². The molecule has 3 aromatic rings. The molecule has 0 saturated heterocycles. The Labute approximate surface area is 205 Å². The topological polar surface area (TPSA) is 96.7 Å². The smallest absolute Gasteiger partial charge is 0.416 e. The molecule has 0 aliphatic carbocycles. The van der Waals surface area contributed by atoms with E-state index in [4.69, 9.17) is 4.74 Å². The summed E-state index contributed by atoms with van der Waals surface area (Å²) in [6.45, 7) is 2.33. The number of hydrogen-bond donors (Lipinski definition) is 2. The number of ether oxygens (including phenoxy) is 1. The van der Waals surface area contributed by atoms with Gasteiger partial charge in [-0.15, -0.1) is 0 Å². The van der Waals surface area contributed by atoms with Crippen LogP contribution in [-0.4, -0.2) is 40.4 Å². The van der Waals surface area contributed by atoms with Crippen LogP contribution in [-0.2, 0) is 30.6 Å². The number of alkyl halides is 3. The lowest BCUT2D eigenvalue weighted by Crippen LogP contribution is -2.30. The van der Waals surface area contributed by atoms with E-state index in [1.807, 2.05) is 0 Å². The minimum Gasteiger partial charge on any atom is -0.465 e. The third-order valence-corrected chi connectivity index (χ3v) is 6.06. The SMILES string of the molecule is COC(=O)c1ccc([C@H](C)NC(=O)c2c(CO)nn3c2N(Cc2cccc(C(F)(F)F)c2)CC3)cc1. The lowest BCUT2D eigenvalue weighted by molar-refractivity contribution is -0.137. The molecule has 0 radical (unpaired) electrons. The molecule has 0 fully saturated rings. The largest absolute Gasteiger partial charge is 0.465 e. The first-order valence-electron chi connectivity index (χ1n) is 11.2. The lowest BCUT2D eigenvalue weighted by Gasteiger charge is -2.21. The van der Waals surface area contributed by atoms with Gasteiger partial charge < -0.3 is 20.1 Å². The van der Waals surface area contributed by atoms with E-state index in [9.17, 15) is 27.9 Å². The van der Waals surface area contributed by atoms with Crippen molar-refractivity contribution in [2.75, 3.05) is 18.6 Å². The van der Waals surface area contributed by atoms with Crippen molar-refractivity contribution in [3.8, 4) is 0 Å². The number of anilines is 1. The maximum Gasteiger partial charge on any atom is 0.416 e. The average molecular weight is 502 g/mol. The Hall–Kier alpha value is -3.86. The van der Waals surface area contributed by atoms with Crippen molar-refractivity contribution in [2.24, 2.45) is 0 Å². The first-order valence-corrected chi connectivity index (χ1v) is 11.2. The molecule has 11 heteroatoms. The van der Waals surface area contributed by atoms with Gasteiger partial charge in [0.25, 0.3) is 5.91 Å². The molecule has 2 N–H and O–H groups in total. The van der Waals surface area contributed by atoms with Crippen molar-refractivity contribution in [3.63, 3.8) is 0 Å². The molecule has 0 bridgehead atoms. The van der Waals surface area contributed by atoms with Crippen molar-refractivity contribution in [3.05, 3.63) is 82.0 Å². The number of esters is 1. The fourth-order valence-corrected chi connectivity index (χ4v) is 4.24. The summed E-state index contributed by atoms with van der Waals surface area (Å²) in [4.78, 5) is 26.7. The number of nitrogens with zero attached hydrogens (tertiary/aromatic N) is 3. The second-order valence-electron chi connectivity index (χ2n) is 8.45. The Morgan fingerprint density at radius 3 is 2.53 bits per heavy atom. The van der Waals surface area contributed by atoms with Crippen molar-refractivity contribution < 1.29 is 32.6 Å². The van der Waals surface area contributed by atoms with Crippen molar-refractivity contribution >= 4 is 17.7 Å². The van der Waals surface area contributed by atoms with Crippen molar-refractivity contribution in [2.45, 2.75) is 38.8 Å². The van der Waals surface area contributed by atoms with Crippen LogP contribution in [0.5, 0.6) is 0 Å². The van der Waals surface area contributed by atoms with Crippen LogP contribution in [0.3, 0.4) is 0 Å². The number of carbonyl (C=O) groups is 2. The molecular weight excluding hydrogens is 477 g/mol. The molecule has 2 heterocycles. The highest BCUT2D eigenvalue weighted by Crippen LogP contribution is 2.33. The van der Waals surface area contributed by atoms with Crippen LogP contribution in [0.4, 0.5) is 19.0 Å². The number of carbonyl (C=O) groups excluding carboxylic acids is 2. The Morgan fingerprint density at radius 1 is 1.17 bits per heavy atom. The number of halogens is 3. The van der Waals surface area contributed by atoms with Gasteiger partial charge in [0.15, 0.2) is 0 Å². The lowest BCUT2D eigenvalue weighted by atomic mass is 10.1. The average Bonchev–Trinajstić information content (AvgIpc) is 3.42. The number of nitrogens with one attached hydrogen (secondary N) is 1. The standard InChI is InChI=1S/C25H25F3N4O4/c1-15(17-6-8-18(9-7-17)24(35)36-2)29-22(34)21-20(14-33)30-32-11-10-31(23(21)32)13-16-4-3-5-19(12-16)25(26,27)28/h3-9,12,15,33H,10-11,13-14H2,1-2H3,(H,29,34)/t15-/m0/s1. The molecule has 0 saturated carbocycles. The molecule has 1 aromatic heterocycles. The van der Waals surface area contributed by atoms with Gasteiger partial charge in [-0.2, -0.15) is 18.3 Å².